The summed E-state index contributed by atoms with van der Waals surface area (Å²) >= 11 is 0. The molecule has 0 saturated carbocycles. The normalized spacial score (nSPS) is 10.9. The third-order valence-electron chi connectivity index (χ3n) is 2.78. The maximum atomic E-state index is 5.62. The minimum Gasteiger partial charge on any atom is -0.462 e. The van der Waals surface area contributed by atoms with Crippen molar-refractivity contribution in [3.05, 3.63) is 17.5 Å². The molecule has 1 rings (SSSR count). The molecule has 0 saturated heterocycles. The van der Waals surface area contributed by atoms with Gasteiger partial charge in [0.2, 0.25) is 0 Å². The Bertz CT molecular complexity index is 353. The Balaban J connectivity index is 2.51. The average Bonchev–Trinajstić information content (AvgIpc) is 2.34. The number of nitrogens with zero attached hydrogens (tertiary/aromatic N) is 3. The lowest BCUT2D eigenvalue weighted by molar-refractivity contribution is 0.211. The fourth-order valence-electron chi connectivity index (χ4n) is 1.75. The summed E-state index contributed by atoms with van der Waals surface area (Å²) in [5, 5.41) is 3.08. The van der Waals surface area contributed by atoms with Crippen LogP contribution in [-0.2, 0) is 6.54 Å². The maximum Gasteiger partial charge on any atom is 0.316 e. The van der Waals surface area contributed by atoms with E-state index < -0.39 is 0 Å². The van der Waals surface area contributed by atoms with Crippen LogP contribution in [0.2, 0.25) is 0 Å². The lowest BCUT2D eigenvalue weighted by Gasteiger charge is -2.17. The molecular weight excluding hydrogens is 228 g/mol. The van der Waals surface area contributed by atoms with Gasteiger partial charge in [-0.1, -0.05) is 13.8 Å². The molecule has 0 aliphatic heterocycles. The summed E-state index contributed by atoms with van der Waals surface area (Å²) in [6, 6.07) is 2.45. The van der Waals surface area contributed by atoms with Gasteiger partial charge in [0.25, 0.3) is 0 Å². The molecule has 0 aliphatic carbocycles. The Morgan fingerprint density at radius 3 is 2.61 bits per heavy atom. The SMILES string of the molecule is CCN(CC)CCOc1nc(C)cc(CNC)n1. The number of aryl methyl sites for hydroxylation is 1. The van der Waals surface area contributed by atoms with Crippen LogP contribution in [0.5, 0.6) is 6.01 Å². The van der Waals surface area contributed by atoms with Gasteiger partial charge in [-0.2, -0.15) is 4.98 Å². The highest BCUT2D eigenvalue weighted by Gasteiger charge is 2.04. The van der Waals surface area contributed by atoms with Gasteiger partial charge in [-0.05, 0) is 33.1 Å². The minimum atomic E-state index is 0.479. The Labute approximate surface area is 110 Å². The van der Waals surface area contributed by atoms with Crippen molar-refractivity contribution < 1.29 is 4.74 Å². The van der Waals surface area contributed by atoms with E-state index in [1.54, 1.807) is 0 Å². The van der Waals surface area contributed by atoms with Crippen molar-refractivity contribution in [3.63, 3.8) is 0 Å². The van der Waals surface area contributed by atoms with Crippen molar-refractivity contribution >= 4 is 0 Å². The first-order valence-corrected chi connectivity index (χ1v) is 6.53. The smallest absolute Gasteiger partial charge is 0.316 e. The molecular formula is C13H24N4O. The first-order chi connectivity index (χ1) is 8.69. The van der Waals surface area contributed by atoms with E-state index in [2.05, 4.69) is 34.0 Å². The van der Waals surface area contributed by atoms with Crippen LogP contribution in [0.1, 0.15) is 25.2 Å². The highest BCUT2D eigenvalue weighted by molar-refractivity contribution is 5.12. The van der Waals surface area contributed by atoms with Gasteiger partial charge in [0, 0.05) is 18.8 Å². The summed E-state index contributed by atoms with van der Waals surface area (Å²) in [4.78, 5) is 11.0. The van der Waals surface area contributed by atoms with Gasteiger partial charge in [0.1, 0.15) is 6.61 Å². The van der Waals surface area contributed by atoms with E-state index in [9.17, 15) is 0 Å². The van der Waals surface area contributed by atoms with Gasteiger partial charge in [-0.25, -0.2) is 4.98 Å². The molecule has 0 spiro atoms. The number of hydrogen-bond donors (Lipinski definition) is 1. The first kappa shape index (κ1) is 14.9. The lowest BCUT2D eigenvalue weighted by atomic mass is 10.3. The molecule has 5 nitrogen and oxygen atoms in total. The molecule has 102 valence electrons. The van der Waals surface area contributed by atoms with Crippen molar-refractivity contribution in [2.75, 3.05) is 33.3 Å². The molecule has 0 aliphatic rings. The predicted octanol–water partition coefficient (Wildman–Crippen LogP) is 1.23. The zero-order chi connectivity index (χ0) is 13.4. The number of aromatic nitrogens is 2. The molecule has 1 aromatic rings. The third-order valence-corrected chi connectivity index (χ3v) is 2.78. The second-order valence-electron chi connectivity index (χ2n) is 4.19. The molecule has 1 heterocycles. The monoisotopic (exact) mass is 252 g/mol. The van der Waals surface area contributed by atoms with Gasteiger partial charge < -0.3 is 15.0 Å². The summed E-state index contributed by atoms with van der Waals surface area (Å²) < 4.78 is 5.62. The highest BCUT2D eigenvalue weighted by atomic mass is 16.5. The summed E-state index contributed by atoms with van der Waals surface area (Å²) in [5.41, 5.74) is 1.90. The van der Waals surface area contributed by atoms with E-state index in [1.807, 2.05) is 20.0 Å². The zero-order valence-corrected chi connectivity index (χ0v) is 11.9. The fraction of sp³-hybridized carbons (Fsp3) is 0.692. The average molecular weight is 252 g/mol. The van der Waals surface area contributed by atoms with E-state index in [4.69, 9.17) is 4.74 Å². The lowest BCUT2D eigenvalue weighted by Crippen LogP contribution is -2.28. The molecule has 0 atom stereocenters. The number of ether oxygens (including phenoxy) is 1. The Morgan fingerprint density at radius 1 is 1.28 bits per heavy atom. The molecule has 0 unspecified atom stereocenters. The quantitative estimate of drug-likeness (QED) is 0.754. The molecule has 1 aromatic heterocycles. The van der Waals surface area contributed by atoms with Crippen LogP contribution in [0.15, 0.2) is 6.07 Å². The molecule has 0 bridgehead atoms. The maximum absolute atomic E-state index is 5.62. The summed E-state index contributed by atoms with van der Waals surface area (Å²) in [6.45, 7) is 10.6. The summed E-state index contributed by atoms with van der Waals surface area (Å²) in [6.07, 6.45) is 0. The number of nitrogens with one attached hydrogen (secondary N) is 1. The topological polar surface area (TPSA) is 50.3 Å². The molecule has 1 N–H and O–H groups in total. The largest absolute Gasteiger partial charge is 0.462 e. The first-order valence-electron chi connectivity index (χ1n) is 6.53. The Morgan fingerprint density at radius 2 is 2.00 bits per heavy atom. The van der Waals surface area contributed by atoms with Gasteiger partial charge >= 0.3 is 6.01 Å². The Hall–Kier alpha value is -1.20. The molecule has 0 radical (unpaired) electrons. The van der Waals surface area contributed by atoms with Crippen molar-refractivity contribution in [1.82, 2.24) is 20.2 Å². The molecule has 5 heteroatoms. The summed E-state index contributed by atoms with van der Waals surface area (Å²) in [7, 11) is 1.90. The molecule has 0 amide bonds. The molecule has 0 fully saturated rings. The third kappa shape index (κ3) is 4.98. The number of likely N-dealkylation sites (N-methyl/N-ethyl adjacent to an activating group) is 1. The van der Waals surface area contributed by atoms with E-state index in [0.29, 0.717) is 12.6 Å². The van der Waals surface area contributed by atoms with Gasteiger partial charge in [-0.15, -0.1) is 0 Å². The van der Waals surface area contributed by atoms with Gasteiger partial charge in [-0.3, -0.25) is 0 Å². The molecule has 0 aromatic carbocycles. The van der Waals surface area contributed by atoms with E-state index >= 15 is 0 Å². The van der Waals surface area contributed by atoms with Gasteiger partial charge in [0.05, 0.1) is 5.69 Å². The van der Waals surface area contributed by atoms with E-state index in [0.717, 1.165) is 37.6 Å². The van der Waals surface area contributed by atoms with Crippen LogP contribution in [0.25, 0.3) is 0 Å². The predicted molar refractivity (Wildman–Crippen MR) is 72.8 cm³/mol. The standard InChI is InChI=1S/C13H24N4O/c1-5-17(6-2)7-8-18-13-15-11(3)9-12(16-13)10-14-4/h9,14H,5-8,10H2,1-4H3. The number of hydrogen-bond acceptors (Lipinski definition) is 5. The van der Waals surface area contributed by atoms with E-state index in [-0.39, 0.29) is 0 Å². The van der Waals surface area contributed by atoms with Crippen molar-refractivity contribution in [1.29, 1.82) is 0 Å². The Kier molecular flexibility index (Phi) is 6.60. The highest BCUT2D eigenvalue weighted by Crippen LogP contribution is 2.07. The van der Waals surface area contributed by atoms with Crippen LogP contribution in [-0.4, -0.2) is 48.2 Å². The number of rotatable bonds is 8. The molecule has 18 heavy (non-hydrogen) atoms. The van der Waals surface area contributed by atoms with Crippen LogP contribution in [0.3, 0.4) is 0 Å². The summed E-state index contributed by atoms with van der Waals surface area (Å²) in [5.74, 6) is 0. The second-order valence-corrected chi connectivity index (χ2v) is 4.19. The van der Waals surface area contributed by atoms with Crippen LogP contribution < -0.4 is 10.1 Å². The fourth-order valence-corrected chi connectivity index (χ4v) is 1.75. The van der Waals surface area contributed by atoms with Crippen molar-refractivity contribution in [2.45, 2.75) is 27.3 Å². The van der Waals surface area contributed by atoms with Crippen LogP contribution >= 0.6 is 0 Å². The minimum absolute atomic E-state index is 0.479. The second kappa shape index (κ2) is 8.00. The van der Waals surface area contributed by atoms with E-state index in [1.165, 1.54) is 0 Å². The van der Waals surface area contributed by atoms with Gasteiger partial charge in [0.15, 0.2) is 0 Å². The van der Waals surface area contributed by atoms with Crippen LogP contribution in [0, 0.1) is 6.92 Å². The van der Waals surface area contributed by atoms with Crippen LogP contribution in [0.4, 0.5) is 0 Å². The van der Waals surface area contributed by atoms with Crippen molar-refractivity contribution in [2.24, 2.45) is 0 Å². The van der Waals surface area contributed by atoms with Crippen molar-refractivity contribution in [3.8, 4) is 6.01 Å². The zero-order valence-electron chi connectivity index (χ0n) is 11.9.